The van der Waals surface area contributed by atoms with Gasteiger partial charge >= 0.3 is 0 Å². The van der Waals surface area contributed by atoms with Crippen LogP contribution in [0.15, 0.2) is 66.7 Å². The van der Waals surface area contributed by atoms with E-state index in [1.54, 1.807) is 17.0 Å². The van der Waals surface area contributed by atoms with Gasteiger partial charge in [-0.1, -0.05) is 62.9 Å². The van der Waals surface area contributed by atoms with Gasteiger partial charge in [0.25, 0.3) is 0 Å². The summed E-state index contributed by atoms with van der Waals surface area (Å²) in [6, 6.07) is 18.0. The Hall–Kier alpha value is -5.92. The molecular formula is C59H68F4N8O2. The van der Waals surface area contributed by atoms with Gasteiger partial charge in [-0.05, 0) is 131 Å². The number of carbonyl (C=O) groups is 2. The van der Waals surface area contributed by atoms with Gasteiger partial charge in [0.2, 0.25) is 11.8 Å². The highest BCUT2D eigenvalue weighted by Crippen LogP contribution is 2.56. The van der Waals surface area contributed by atoms with Crippen LogP contribution in [0.1, 0.15) is 175 Å². The topological polar surface area (TPSA) is 104 Å². The van der Waals surface area contributed by atoms with Crippen LogP contribution in [0, 0.1) is 41.0 Å². The third-order valence-electron chi connectivity index (χ3n) is 18.5. The zero-order valence-corrected chi connectivity index (χ0v) is 42.3. The number of benzene rings is 4. The summed E-state index contributed by atoms with van der Waals surface area (Å²) in [7, 11) is 0. The number of H-pyrrole nitrogens is 2. The highest BCUT2D eigenvalue weighted by atomic mass is 19.1. The molecule has 14 heteroatoms. The molecule has 5 atom stereocenters. The molecule has 0 radical (unpaired) electrons. The van der Waals surface area contributed by atoms with E-state index in [1.807, 2.05) is 46.7 Å². The molecule has 4 saturated heterocycles. The van der Waals surface area contributed by atoms with Crippen molar-refractivity contribution in [3.63, 3.8) is 0 Å². The maximum Gasteiger partial charge on any atom is 0.223 e. The number of hydrogen-bond acceptors (Lipinski definition) is 6. The molecule has 2 aliphatic carbocycles. The Balaban J connectivity index is 0.904. The van der Waals surface area contributed by atoms with Gasteiger partial charge in [-0.2, -0.15) is 0 Å². The monoisotopic (exact) mass is 997 g/mol. The zero-order valence-electron chi connectivity index (χ0n) is 42.3. The van der Waals surface area contributed by atoms with Crippen molar-refractivity contribution < 1.29 is 27.2 Å². The average Bonchev–Trinajstić information content (AvgIpc) is 4.25. The molecule has 4 aromatic carbocycles. The molecule has 2 aromatic heterocycles. The molecule has 384 valence electrons. The Bertz CT molecular complexity index is 3010. The number of hydrogen-bond donors (Lipinski definition) is 2. The van der Waals surface area contributed by atoms with E-state index < -0.39 is 34.8 Å². The number of carbonyl (C=O) groups excluding carboxylic acids is 2. The van der Waals surface area contributed by atoms with Crippen LogP contribution >= 0.6 is 0 Å². The number of halogens is 4. The standard InChI is InChI=1S/C59H68F4N8O2/c1-35-26-53(41-31-47-49(33-43(41)60)66-57(64-47)51-18-10-22-69(51)54(72)27-36-12-6-7-13-36)71(40-29-45(62)56(46(63)30-40)68-24-20-39(21-25-68)38-16-4-3-5-17-38)59(35,2)42-32-48-50(34-44(42)61)67-58(65-48)52-19-11-23-70(52)55(73)28-37-14-8-9-15-37/h3-5,16-17,29-37,39,51-53H,6-15,18-28H2,1-2H3,(H,64,66)(H,65,67)/t35?,51?,52?,53-,59+/m1/s1. The van der Waals surface area contributed by atoms with E-state index in [0.717, 1.165) is 89.9 Å². The van der Waals surface area contributed by atoms with Crippen molar-refractivity contribution in [1.82, 2.24) is 29.7 Å². The lowest BCUT2D eigenvalue weighted by molar-refractivity contribution is -0.134. The molecule has 6 aromatic rings. The first-order chi connectivity index (χ1) is 35.4. The fraction of sp³-hybridized carbons (Fsp3) is 0.525. The molecule has 6 aliphatic rings. The Morgan fingerprint density at radius 2 is 1.15 bits per heavy atom. The van der Waals surface area contributed by atoms with E-state index in [0.29, 0.717) is 96.6 Å². The zero-order chi connectivity index (χ0) is 50.1. The molecule has 0 bridgehead atoms. The number of anilines is 2. The number of nitrogens with zero attached hydrogens (tertiary/aromatic N) is 6. The van der Waals surface area contributed by atoms with E-state index in [9.17, 15) is 9.59 Å². The molecule has 2 amide bonds. The van der Waals surface area contributed by atoms with Crippen molar-refractivity contribution in [2.75, 3.05) is 36.0 Å². The van der Waals surface area contributed by atoms with Crippen molar-refractivity contribution in [1.29, 1.82) is 0 Å². The smallest absolute Gasteiger partial charge is 0.223 e. The molecule has 6 fully saturated rings. The second-order valence-corrected chi connectivity index (χ2v) is 22.8. The van der Waals surface area contributed by atoms with Crippen LogP contribution in [-0.2, 0) is 15.1 Å². The largest absolute Gasteiger partial charge is 0.367 e. The predicted octanol–water partition coefficient (Wildman–Crippen LogP) is 13.4. The summed E-state index contributed by atoms with van der Waals surface area (Å²) in [5, 5.41) is 0. The van der Waals surface area contributed by atoms with E-state index in [-0.39, 0.29) is 52.7 Å². The number of fused-ring (bicyclic) bond motifs is 2. The summed E-state index contributed by atoms with van der Waals surface area (Å²) in [5.74, 6) is -0.277. The number of aromatic nitrogens is 4. The minimum atomic E-state index is -1.26. The summed E-state index contributed by atoms with van der Waals surface area (Å²) < 4.78 is 68.4. The number of imidazole rings is 2. The van der Waals surface area contributed by atoms with Crippen molar-refractivity contribution >= 4 is 45.3 Å². The van der Waals surface area contributed by atoms with Gasteiger partial charge < -0.3 is 29.6 Å². The highest BCUT2D eigenvalue weighted by molar-refractivity contribution is 5.81. The third kappa shape index (κ3) is 8.75. The SMILES string of the molecule is CC1C[C@H](c2cc3[nH]c(C4CCCN4C(=O)CC4CCCC4)nc3cc2F)N(c2cc(F)c(N3CCC(c4ccccc4)CC3)c(F)c2)[C@]1(C)c1cc2[nH]c(C3CCCN3C(=O)CC3CCCC3)nc2cc1F. The van der Waals surface area contributed by atoms with Crippen molar-refractivity contribution in [2.45, 2.75) is 153 Å². The lowest BCUT2D eigenvalue weighted by atomic mass is 9.80. The van der Waals surface area contributed by atoms with Crippen molar-refractivity contribution in [3.8, 4) is 0 Å². The number of amides is 2. The fourth-order valence-corrected chi connectivity index (χ4v) is 14.4. The Labute approximate surface area is 425 Å². The summed E-state index contributed by atoms with van der Waals surface area (Å²) in [4.78, 5) is 51.5. The summed E-state index contributed by atoms with van der Waals surface area (Å²) in [5.41, 5.74) is 2.65. The van der Waals surface area contributed by atoms with Crippen molar-refractivity contribution in [2.24, 2.45) is 17.8 Å². The highest BCUT2D eigenvalue weighted by Gasteiger charge is 2.52. The van der Waals surface area contributed by atoms with Gasteiger partial charge in [-0.25, -0.2) is 27.5 Å². The van der Waals surface area contributed by atoms with Crippen LogP contribution < -0.4 is 9.80 Å². The number of piperidine rings is 1. The molecule has 0 spiro atoms. The number of rotatable bonds is 11. The number of nitrogens with one attached hydrogen (secondary N) is 2. The summed E-state index contributed by atoms with van der Waals surface area (Å²) in [6.45, 7) is 6.13. The van der Waals surface area contributed by atoms with Crippen LogP contribution in [0.25, 0.3) is 22.1 Å². The second-order valence-electron chi connectivity index (χ2n) is 22.8. The number of aromatic amines is 2. The first-order valence-corrected chi connectivity index (χ1v) is 27.5. The number of likely N-dealkylation sites (tertiary alicyclic amines) is 2. The Morgan fingerprint density at radius 3 is 1.71 bits per heavy atom. The van der Waals surface area contributed by atoms with Crippen LogP contribution in [0.2, 0.25) is 0 Å². The molecule has 10 nitrogen and oxygen atoms in total. The maximum absolute atomic E-state index is 17.3. The lowest BCUT2D eigenvalue weighted by Crippen LogP contribution is -2.44. The Morgan fingerprint density at radius 1 is 0.616 bits per heavy atom. The van der Waals surface area contributed by atoms with Gasteiger partial charge in [0.15, 0.2) is 11.6 Å². The third-order valence-corrected chi connectivity index (χ3v) is 18.5. The van der Waals surface area contributed by atoms with Gasteiger partial charge in [0.1, 0.15) is 29.0 Å². The van der Waals surface area contributed by atoms with Gasteiger partial charge in [0, 0.05) is 68.0 Å². The lowest BCUT2D eigenvalue weighted by Gasteiger charge is -2.43. The summed E-state index contributed by atoms with van der Waals surface area (Å²) in [6.07, 6.45) is 15.1. The molecule has 73 heavy (non-hydrogen) atoms. The molecule has 4 aliphatic heterocycles. The molecule has 2 saturated carbocycles. The molecule has 6 heterocycles. The van der Waals surface area contributed by atoms with E-state index in [4.69, 9.17) is 9.97 Å². The fourth-order valence-electron chi connectivity index (χ4n) is 14.4. The predicted molar refractivity (Wildman–Crippen MR) is 276 cm³/mol. The van der Waals surface area contributed by atoms with Crippen molar-refractivity contribution in [3.05, 3.63) is 118 Å². The van der Waals surface area contributed by atoms with Gasteiger partial charge in [-0.15, -0.1) is 0 Å². The van der Waals surface area contributed by atoms with E-state index >= 15 is 17.6 Å². The quantitative estimate of drug-likeness (QED) is 0.125. The molecular weight excluding hydrogens is 929 g/mol. The molecule has 12 rings (SSSR count). The van der Waals surface area contributed by atoms with E-state index in [1.165, 1.54) is 29.8 Å². The first-order valence-electron chi connectivity index (χ1n) is 27.5. The van der Waals surface area contributed by atoms with Gasteiger partial charge in [0.05, 0.1) is 45.7 Å². The van der Waals surface area contributed by atoms with Crippen LogP contribution in [-0.4, -0.2) is 67.7 Å². The van der Waals surface area contributed by atoms with Crippen LogP contribution in [0.4, 0.5) is 28.9 Å². The maximum atomic E-state index is 17.3. The Kier molecular flexibility index (Phi) is 12.8. The first kappa shape index (κ1) is 48.0. The van der Waals surface area contributed by atoms with Gasteiger partial charge in [-0.3, -0.25) is 9.59 Å². The van der Waals surface area contributed by atoms with Crippen LogP contribution in [0.5, 0.6) is 0 Å². The van der Waals surface area contributed by atoms with Crippen LogP contribution in [0.3, 0.4) is 0 Å². The summed E-state index contributed by atoms with van der Waals surface area (Å²) >= 11 is 0. The minimum absolute atomic E-state index is 0.0960. The molecule has 2 N–H and O–H groups in total. The second kappa shape index (κ2) is 19.4. The molecule has 3 unspecified atom stereocenters. The van der Waals surface area contributed by atoms with E-state index in [2.05, 4.69) is 22.1 Å². The minimum Gasteiger partial charge on any atom is -0.367 e. The average molecular weight is 997 g/mol. The normalized spacial score (nSPS) is 25.5.